The number of rotatable bonds is 6. The van der Waals surface area contributed by atoms with Crippen molar-refractivity contribution < 1.29 is 19.2 Å². The maximum Gasteiger partial charge on any atom is 0.281 e. The molecule has 1 aromatic carbocycles. The number of nitrogens with one attached hydrogen (secondary N) is 2. The lowest BCUT2D eigenvalue weighted by molar-refractivity contribution is -0.140. The lowest BCUT2D eigenvalue weighted by Crippen LogP contribution is -2.33. The highest BCUT2D eigenvalue weighted by Gasteiger charge is 2.04. The SMILES string of the molecule is CNC(=O)CONC(=O)COc1ccc(Cl)cc1. The van der Waals surface area contributed by atoms with Gasteiger partial charge in [-0.15, -0.1) is 0 Å². The lowest BCUT2D eigenvalue weighted by atomic mass is 10.3. The van der Waals surface area contributed by atoms with Gasteiger partial charge in [-0.1, -0.05) is 11.6 Å². The predicted octanol–water partition coefficient (Wildman–Crippen LogP) is 0.513. The first kappa shape index (κ1) is 14.3. The molecule has 7 heteroatoms. The molecule has 6 nitrogen and oxygen atoms in total. The molecule has 0 aliphatic carbocycles. The highest BCUT2D eigenvalue weighted by atomic mass is 35.5. The van der Waals surface area contributed by atoms with E-state index in [4.69, 9.17) is 16.3 Å². The fourth-order valence-electron chi connectivity index (χ4n) is 0.963. The second kappa shape index (κ2) is 7.52. The van der Waals surface area contributed by atoms with Crippen LogP contribution in [0.4, 0.5) is 0 Å². The molecule has 0 atom stereocenters. The Morgan fingerprint density at radius 1 is 1.17 bits per heavy atom. The Balaban J connectivity index is 2.21. The minimum atomic E-state index is -0.492. The van der Waals surface area contributed by atoms with E-state index in [1.54, 1.807) is 24.3 Å². The topological polar surface area (TPSA) is 76.7 Å². The summed E-state index contributed by atoms with van der Waals surface area (Å²) in [7, 11) is 1.47. The van der Waals surface area contributed by atoms with Crippen molar-refractivity contribution in [3.63, 3.8) is 0 Å². The summed E-state index contributed by atoms with van der Waals surface area (Å²) >= 11 is 5.69. The molecule has 0 aliphatic heterocycles. The van der Waals surface area contributed by atoms with E-state index in [1.165, 1.54) is 7.05 Å². The first-order valence-corrected chi connectivity index (χ1v) is 5.49. The molecule has 0 heterocycles. The Hall–Kier alpha value is -1.79. The van der Waals surface area contributed by atoms with E-state index in [2.05, 4.69) is 15.6 Å². The van der Waals surface area contributed by atoms with Gasteiger partial charge in [0.2, 0.25) is 5.91 Å². The van der Waals surface area contributed by atoms with Crippen LogP contribution in [0.15, 0.2) is 24.3 Å². The van der Waals surface area contributed by atoms with Gasteiger partial charge in [-0.05, 0) is 24.3 Å². The van der Waals surface area contributed by atoms with Crippen molar-refractivity contribution in [2.75, 3.05) is 20.3 Å². The number of carbonyl (C=O) groups excluding carboxylic acids is 2. The summed E-state index contributed by atoms with van der Waals surface area (Å²) in [5.74, 6) is -0.316. The summed E-state index contributed by atoms with van der Waals surface area (Å²) in [4.78, 5) is 26.7. The van der Waals surface area contributed by atoms with Crippen molar-refractivity contribution in [3.8, 4) is 5.75 Å². The van der Waals surface area contributed by atoms with E-state index in [0.717, 1.165) is 0 Å². The molecule has 0 aromatic heterocycles. The van der Waals surface area contributed by atoms with Crippen LogP contribution in [0, 0.1) is 0 Å². The van der Waals surface area contributed by atoms with E-state index in [-0.39, 0.29) is 19.1 Å². The molecule has 0 saturated carbocycles. The summed E-state index contributed by atoms with van der Waals surface area (Å²) in [5.41, 5.74) is 2.08. The van der Waals surface area contributed by atoms with Crippen LogP contribution >= 0.6 is 11.6 Å². The molecule has 1 aromatic rings. The number of benzene rings is 1. The minimum absolute atomic E-state index is 0.213. The number of likely N-dealkylation sites (N-methyl/N-ethyl adjacent to an activating group) is 1. The Labute approximate surface area is 109 Å². The molecular formula is C11H13ClN2O4. The smallest absolute Gasteiger partial charge is 0.281 e. The monoisotopic (exact) mass is 272 g/mol. The van der Waals surface area contributed by atoms with Gasteiger partial charge in [0.15, 0.2) is 13.2 Å². The number of ether oxygens (including phenoxy) is 1. The highest BCUT2D eigenvalue weighted by Crippen LogP contribution is 2.15. The fourth-order valence-corrected chi connectivity index (χ4v) is 1.09. The summed E-state index contributed by atoms with van der Waals surface area (Å²) in [6.07, 6.45) is 0. The predicted molar refractivity (Wildman–Crippen MR) is 65.1 cm³/mol. The molecule has 98 valence electrons. The number of hydrogen-bond donors (Lipinski definition) is 2. The van der Waals surface area contributed by atoms with Crippen molar-refractivity contribution in [2.24, 2.45) is 0 Å². The third-order valence-electron chi connectivity index (χ3n) is 1.85. The molecule has 0 radical (unpaired) electrons. The van der Waals surface area contributed by atoms with Gasteiger partial charge in [-0.2, -0.15) is 0 Å². The van der Waals surface area contributed by atoms with E-state index in [0.29, 0.717) is 10.8 Å². The Bertz CT molecular complexity index is 408. The summed E-state index contributed by atoms with van der Waals surface area (Å²) in [6.45, 7) is -0.460. The molecule has 0 unspecified atom stereocenters. The number of hydrogen-bond acceptors (Lipinski definition) is 4. The molecule has 0 spiro atoms. The Morgan fingerprint density at radius 3 is 2.44 bits per heavy atom. The van der Waals surface area contributed by atoms with Gasteiger partial charge in [0.1, 0.15) is 5.75 Å². The second-order valence-electron chi connectivity index (χ2n) is 3.23. The van der Waals surface area contributed by atoms with E-state index in [9.17, 15) is 9.59 Å². The number of hydroxylamine groups is 1. The fraction of sp³-hybridized carbons (Fsp3) is 0.273. The van der Waals surface area contributed by atoms with Crippen LogP contribution in [-0.4, -0.2) is 32.1 Å². The average molecular weight is 273 g/mol. The quantitative estimate of drug-likeness (QED) is 0.740. The summed E-state index contributed by atoms with van der Waals surface area (Å²) < 4.78 is 5.16. The molecule has 18 heavy (non-hydrogen) atoms. The van der Waals surface area contributed by atoms with Crippen LogP contribution in [0.1, 0.15) is 0 Å². The highest BCUT2D eigenvalue weighted by molar-refractivity contribution is 6.30. The van der Waals surface area contributed by atoms with Gasteiger partial charge in [0, 0.05) is 12.1 Å². The first-order valence-electron chi connectivity index (χ1n) is 5.11. The van der Waals surface area contributed by atoms with Crippen molar-refractivity contribution in [1.82, 2.24) is 10.8 Å². The summed E-state index contributed by atoms with van der Waals surface area (Å²) in [5, 5.41) is 2.93. The standard InChI is InChI=1S/C11H13ClN2O4/c1-13-10(15)7-18-14-11(16)6-17-9-4-2-8(12)3-5-9/h2-5H,6-7H2,1H3,(H,13,15)(H,14,16). The van der Waals surface area contributed by atoms with E-state index < -0.39 is 5.91 Å². The van der Waals surface area contributed by atoms with Crippen molar-refractivity contribution in [3.05, 3.63) is 29.3 Å². The normalized spacial score (nSPS) is 9.67. The van der Waals surface area contributed by atoms with Gasteiger partial charge in [0.25, 0.3) is 5.91 Å². The van der Waals surface area contributed by atoms with Crippen LogP contribution in [0.25, 0.3) is 0 Å². The molecular weight excluding hydrogens is 260 g/mol. The molecule has 0 aliphatic rings. The lowest BCUT2D eigenvalue weighted by Gasteiger charge is -2.07. The van der Waals surface area contributed by atoms with Crippen molar-refractivity contribution in [2.45, 2.75) is 0 Å². The average Bonchev–Trinajstić information content (AvgIpc) is 2.38. The van der Waals surface area contributed by atoms with Gasteiger partial charge >= 0.3 is 0 Å². The first-order chi connectivity index (χ1) is 8.61. The van der Waals surface area contributed by atoms with Gasteiger partial charge in [-0.3, -0.25) is 14.4 Å². The van der Waals surface area contributed by atoms with E-state index >= 15 is 0 Å². The second-order valence-corrected chi connectivity index (χ2v) is 3.67. The van der Waals surface area contributed by atoms with Crippen LogP contribution in [-0.2, 0) is 14.4 Å². The molecule has 0 fully saturated rings. The van der Waals surface area contributed by atoms with Crippen LogP contribution in [0.2, 0.25) is 5.02 Å². The third-order valence-corrected chi connectivity index (χ3v) is 2.10. The van der Waals surface area contributed by atoms with Crippen molar-refractivity contribution >= 4 is 23.4 Å². The zero-order valence-corrected chi connectivity index (χ0v) is 10.5. The number of carbonyl (C=O) groups is 2. The molecule has 2 amide bonds. The van der Waals surface area contributed by atoms with Crippen LogP contribution < -0.4 is 15.5 Å². The zero-order chi connectivity index (χ0) is 13.4. The van der Waals surface area contributed by atoms with E-state index in [1.807, 2.05) is 0 Å². The minimum Gasteiger partial charge on any atom is -0.484 e. The molecule has 0 saturated heterocycles. The van der Waals surface area contributed by atoms with Crippen molar-refractivity contribution in [1.29, 1.82) is 0 Å². The van der Waals surface area contributed by atoms with Gasteiger partial charge in [0.05, 0.1) is 0 Å². The summed E-state index contributed by atoms with van der Waals surface area (Å²) in [6, 6.07) is 6.58. The van der Waals surface area contributed by atoms with Crippen LogP contribution in [0.5, 0.6) is 5.75 Å². The number of halogens is 1. The Morgan fingerprint density at radius 2 is 1.83 bits per heavy atom. The largest absolute Gasteiger partial charge is 0.484 e. The molecule has 0 bridgehead atoms. The molecule has 2 N–H and O–H groups in total. The maximum absolute atomic E-state index is 11.2. The third kappa shape index (κ3) is 5.51. The Kier molecular flexibility index (Phi) is 5.96. The molecule has 1 rings (SSSR count). The number of amides is 2. The van der Waals surface area contributed by atoms with Gasteiger partial charge in [-0.25, -0.2) is 5.48 Å². The van der Waals surface area contributed by atoms with Gasteiger partial charge < -0.3 is 10.1 Å². The van der Waals surface area contributed by atoms with Crippen LogP contribution in [0.3, 0.4) is 0 Å². The zero-order valence-electron chi connectivity index (χ0n) is 9.73. The maximum atomic E-state index is 11.2.